The van der Waals surface area contributed by atoms with E-state index < -0.39 is 9.84 Å². The largest absolute Gasteiger partial charge is 0.480 e. The summed E-state index contributed by atoms with van der Waals surface area (Å²) in [6.07, 6.45) is 3.30. The average Bonchev–Trinajstić information content (AvgIpc) is 2.25. The minimum absolute atomic E-state index is 0.146. The first kappa shape index (κ1) is 14.2. The topological polar surface area (TPSA) is 81.2 Å². The summed E-state index contributed by atoms with van der Waals surface area (Å²) in [7, 11) is -1.40. The standard InChI is InChI=1S/C9H14BrN3O3S/c1-16-8-7(10)6-12-9(13-8)11-4-3-5-17(2,14)15/h6H,3-5H2,1-2H3,(H,11,12,13). The number of anilines is 1. The quantitative estimate of drug-likeness (QED) is 0.789. The van der Waals surface area contributed by atoms with E-state index in [1.54, 1.807) is 6.20 Å². The zero-order valence-corrected chi connectivity index (χ0v) is 12.0. The third-order valence-electron chi connectivity index (χ3n) is 1.88. The molecule has 0 aromatic carbocycles. The van der Waals surface area contributed by atoms with Crippen molar-refractivity contribution >= 4 is 31.7 Å². The molecule has 0 aliphatic heterocycles. The highest BCUT2D eigenvalue weighted by Crippen LogP contribution is 2.21. The predicted molar refractivity (Wildman–Crippen MR) is 69.1 cm³/mol. The second-order valence-corrected chi connectivity index (χ2v) is 6.58. The van der Waals surface area contributed by atoms with Gasteiger partial charge in [0, 0.05) is 12.8 Å². The molecule has 0 bridgehead atoms. The summed E-state index contributed by atoms with van der Waals surface area (Å²) in [5.74, 6) is 0.998. The summed E-state index contributed by atoms with van der Waals surface area (Å²) < 4.78 is 27.5. The normalized spacial score (nSPS) is 11.2. The Balaban J connectivity index is 2.47. The number of sulfone groups is 1. The Hall–Kier alpha value is -0.890. The lowest BCUT2D eigenvalue weighted by Gasteiger charge is -2.06. The maximum atomic E-state index is 10.9. The van der Waals surface area contributed by atoms with Gasteiger partial charge < -0.3 is 10.1 Å². The molecule has 1 N–H and O–H groups in total. The Morgan fingerprint density at radius 2 is 2.24 bits per heavy atom. The minimum Gasteiger partial charge on any atom is -0.480 e. The molecule has 1 heterocycles. The van der Waals surface area contributed by atoms with E-state index in [1.807, 2.05) is 0 Å². The maximum Gasteiger partial charge on any atom is 0.232 e. The minimum atomic E-state index is -2.91. The van der Waals surface area contributed by atoms with Crippen LogP contribution in [0, 0.1) is 0 Å². The van der Waals surface area contributed by atoms with E-state index in [0.717, 1.165) is 0 Å². The van der Waals surface area contributed by atoms with E-state index in [-0.39, 0.29) is 5.75 Å². The smallest absolute Gasteiger partial charge is 0.232 e. The first-order valence-corrected chi connectivity index (χ1v) is 7.76. The van der Waals surface area contributed by atoms with Gasteiger partial charge in [-0.15, -0.1) is 0 Å². The van der Waals surface area contributed by atoms with Gasteiger partial charge in [-0.1, -0.05) is 0 Å². The fourth-order valence-corrected chi connectivity index (χ4v) is 2.14. The molecule has 1 rings (SSSR count). The van der Waals surface area contributed by atoms with Crippen LogP contribution in [0.5, 0.6) is 5.88 Å². The van der Waals surface area contributed by atoms with E-state index in [1.165, 1.54) is 13.4 Å². The Bertz CT molecular complexity index is 478. The molecular formula is C9H14BrN3O3S. The molecule has 8 heteroatoms. The van der Waals surface area contributed by atoms with Crippen molar-refractivity contribution < 1.29 is 13.2 Å². The first-order valence-electron chi connectivity index (χ1n) is 4.90. The molecule has 0 spiro atoms. The van der Waals surface area contributed by atoms with Crippen LogP contribution in [0.1, 0.15) is 6.42 Å². The van der Waals surface area contributed by atoms with Crippen LogP contribution in [0.3, 0.4) is 0 Å². The zero-order valence-electron chi connectivity index (χ0n) is 9.60. The zero-order chi connectivity index (χ0) is 12.9. The van der Waals surface area contributed by atoms with Gasteiger partial charge in [-0.25, -0.2) is 13.4 Å². The van der Waals surface area contributed by atoms with Crippen molar-refractivity contribution in [2.75, 3.05) is 31.0 Å². The summed E-state index contributed by atoms with van der Waals surface area (Å²) in [5.41, 5.74) is 0. The van der Waals surface area contributed by atoms with Gasteiger partial charge in [0.05, 0.1) is 23.5 Å². The van der Waals surface area contributed by atoms with Gasteiger partial charge in [0.2, 0.25) is 11.8 Å². The Labute approximate surface area is 109 Å². The highest BCUT2D eigenvalue weighted by atomic mass is 79.9. The van der Waals surface area contributed by atoms with E-state index in [9.17, 15) is 8.42 Å². The van der Waals surface area contributed by atoms with Gasteiger partial charge in [-0.2, -0.15) is 4.98 Å². The van der Waals surface area contributed by atoms with Crippen LogP contribution in [-0.2, 0) is 9.84 Å². The third-order valence-corrected chi connectivity index (χ3v) is 3.45. The molecule has 0 radical (unpaired) electrons. The molecule has 0 aliphatic carbocycles. The molecule has 0 unspecified atom stereocenters. The van der Waals surface area contributed by atoms with Crippen molar-refractivity contribution in [2.45, 2.75) is 6.42 Å². The van der Waals surface area contributed by atoms with Gasteiger partial charge in [0.25, 0.3) is 0 Å². The highest BCUT2D eigenvalue weighted by molar-refractivity contribution is 9.10. The summed E-state index contributed by atoms with van der Waals surface area (Å²) in [5, 5.41) is 2.93. The van der Waals surface area contributed by atoms with E-state index >= 15 is 0 Å². The van der Waals surface area contributed by atoms with E-state index in [0.29, 0.717) is 29.3 Å². The lowest BCUT2D eigenvalue weighted by molar-refractivity contribution is 0.394. The second-order valence-electron chi connectivity index (χ2n) is 3.46. The molecule has 0 saturated carbocycles. The molecule has 17 heavy (non-hydrogen) atoms. The molecule has 6 nitrogen and oxygen atoms in total. The van der Waals surface area contributed by atoms with Crippen LogP contribution < -0.4 is 10.1 Å². The predicted octanol–water partition coefficient (Wildman–Crippen LogP) is 1.09. The SMILES string of the molecule is COc1nc(NCCCS(C)(=O)=O)ncc1Br. The summed E-state index contributed by atoms with van der Waals surface area (Å²) in [6.45, 7) is 0.498. The van der Waals surface area contributed by atoms with E-state index in [4.69, 9.17) is 4.74 Å². The molecule has 0 atom stereocenters. The Kier molecular flexibility index (Phi) is 5.13. The second kappa shape index (κ2) is 6.15. The van der Waals surface area contributed by atoms with Gasteiger partial charge in [0.1, 0.15) is 9.84 Å². The Morgan fingerprint density at radius 1 is 1.53 bits per heavy atom. The third kappa shape index (κ3) is 5.31. The fourth-order valence-electron chi connectivity index (χ4n) is 1.11. The molecule has 96 valence electrons. The van der Waals surface area contributed by atoms with Gasteiger partial charge in [-0.05, 0) is 22.4 Å². The number of hydrogen-bond donors (Lipinski definition) is 1. The average molecular weight is 324 g/mol. The monoisotopic (exact) mass is 323 g/mol. The van der Waals surface area contributed by atoms with Crippen molar-refractivity contribution in [2.24, 2.45) is 0 Å². The summed E-state index contributed by atoms with van der Waals surface area (Å²) >= 11 is 3.24. The maximum absolute atomic E-state index is 10.9. The molecular weight excluding hydrogens is 310 g/mol. The summed E-state index contributed by atoms with van der Waals surface area (Å²) in [6, 6.07) is 0. The molecule has 0 saturated heterocycles. The van der Waals surface area contributed by atoms with Crippen molar-refractivity contribution in [3.63, 3.8) is 0 Å². The van der Waals surface area contributed by atoms with Gasteiger partial charge in [0.15, 0.2) is 0 Å². The number of rotatable bonds is 6. The molecule has 0 amide bonds. The Morgan fingerprint density at radius 3 is 2.82 bits per heavy atom. The van der Waals surface area contributed by atoms with Crippen LogP contribution in [0.15, 0.2) is 10.7 Å². The number of aromatic nitrogens is 2. The molecule has 0 aliphatic rings. The highest BCUT2D eigenvalue weighted by Gasteiger charge is 2.05. The molecule has 0 fully saturated rings. The molecule has 1 aromatic heterocycles. The van der Waals surface area contributed by atoms with Crippen LogP contribution in [0.25, 0.3) is 0 Å². The van der Waals surface area contributed by atoms with Crippen LogP contribution in [0.4, 0.5) is 5.95 Å². The van der Waals surface area contributed by atoms with Crippen molar-refractivity contribution in [3.05, 3.63) is 10.7 Å². The van der Waals surface area contributed by atoms with E-state index in [2.05, 4.69) is 31.2 Å². The fraction of sp³-hybridized carbons (Fsp3) is 0.556. The number of methoxy groups -OCH3 is 1. The van der Waals surface area contributed by atoms with Crippen molar-refractivity contribution in [1.82, 2.24) is 9.97 Å². The molecule has 1 aromatic rings. The lowest BCUT2D eigenvalue weighted by atomic mass is 10.5. The van der Waals surface area contributed by atoms with Crippen LogP contribution >= 0.6 is 15.9 Å². The lowest BCUT2D eigenvalue weighted by Crippen LogP contribution is -2.11. The number of ether oxygens (including phenoxy) is 1. The number of nitrogens with zero attached hydrogens (tertiary/aromatic N) is 2. The first-order chi connectivity index (χ1) is 7.92. The van der Waals surface area contributed by atoms with Gasteiger partial charge >= 0.3 is 0 Å². The van der Waals surface area contributed by atoms with Crippen molar-refractivity contribution in [3.8, 4) is 5.88 Å². The van der Waals surface area contributed by atoms with Crippen LogP contribution in [-0.4, -0.2) is 44.0 Å². The van der Waals surface area contributed by atoms with Crippen molar-refractivity contribution in [1.29, 1.82) is 0 Å². The van der Waals surface area contributed by atoms with Gasteiger partial charge in [-0.3, -0.25) is 0 Å². The number of halogens is 1. The number of nitrogens with one attached hydrogen (secondary N) is 1. The number of hydrogen-bond acceptors (Lipinski definition) is 6. The summed E-state index contributed by atoms with van der Waals surface area (Å²) in [4.78, 5) is 8.11. The van der Waals surface area contributed by atoms with Crippen LogP contribution in [0.2, 0.25) is 0 Å².